The highest BCUT2D eigenvalue weighted by molar-refractivity contribution is 9.10. The summed E-state index contributed by atoms with van der Waals surface area (Å²) in [4.78, 5) is 26.1. The van der Waals surface area contributed by atoms with Gasteiger partial charge in [0.2, 0.25) is 0 Å². The van der Waals surface area contributed by atoms with Crippen LogP contribution in [0.5, 0.6) is 5.75 Å². The van der Waals surface area contributed by atoms with E-state index in [1.54, 1.807) is 25.4 Å². The second-order valence-electron chi connectivity index (χ2n) is 9.26. The van der Waals surface area contributed by atoms with Gasteiger partial charge < -0.3 is 34.8 Å². The number of H-pyrrole nitrogens is 2. The van der Waals surface area contributed by atoms with Gasteiger partial charge in [-0.15, -0.1) is 0 Å². The fraction of sp³-hybridized carbons (Fsp3) is 0.333. The van der Waals surface area contributed by atoms with E-state index in [4.69, 9.17) is 14.5 Å². The summed E-state index contributed by atoms with van der Waals surface area (Å²) in [7, 11) is 1.59. The Bertz CT molecular complexity index is 1480. The van der Waals surface area contributed by atoms with E-state index in [1.807, 2.05) is 19.1 Å². The molecule has 2 atom stereocenters. The zero-order valence-electron chi connectivity index (χ0n) is 21.0. The van der Waals surface area contributed by atoms with Crippen molar-refractivity contribution in [2.75, 3.05) is 43.6 Å². The molecule has 4 N–H and O–H groups in total. The Morgan fingerprint density at radius 3 is 2.92 bits per heavy atom. The smallest absolute Gasteiger partial charge is 0.261 e. The number of benzene rings is 2. The minimum absolute atomic E-state index is 0.174. The standard InChI is InChI=1S/C27H30BrN5O4/c1-15-10-18(33-8-9-37-16(2)14-33)12-21-25(15)32-26(31-21)24-20(6-7-29-27(24)35)30-13-22(34)17-4-5-23(36-3)19(28)11-17/h4-7,10-12,16,22,34H,8-9,13-14H2,1-3H3,(H,31,32)(H2,29,30,35)/t16?,22-/m1/s1. The van der Waals surface area contributed by atoms with Crippen molar-refractivity contribution in [2.45, 2.75) is 26.1 Å². The van der Waals surface area contributed by atoms with Crippen molar-refractivity contribution in [3.8, 4) is 17.1 Å². The predicted molar refractivity (Wildman–Crippen MR) is 149 cm³/mol. The third kappa shape index (κ3) is 5.22. The second-order valence-corrected chi connectivity index (χ2v) is 10.1. The first-order valence-corrected chi connectivity index (χ1v) is 13.0. The number of imidazole rings is 1. The molecule has 0 radical (unpaired) electrons. The summed E-state index contributed by atoms with van der Waals surface area (Å²) in [5.41, 5.74) is 5.22. The SMILES string of the molecule is COc1ccc([C@H](O)CNc2cc[nH]c(=O)c2-c2nc3c(C)cc(N4CCOC(C)C4)cc3[nH]2)cc1Br. The number of ether oxygens (including phenoxy) is 2. The van der Waals surface area contributed by atoms with Crippen LogP contribution in [0.3, 0.4) is 0 Å². The van der Waals surface area contributed by atoms with Gasteiger partial charge in [-0.05, 0) is 71.2 Å². The maximum absolute atomic E-state index is 12.9. The first-order chi connectivity index (χ1) is 17.8. The lowest BCUT2D eigenvalue weighted by Crippen LogP contribution is -2.41. The third-order valence-corrected chi connectivity index (χ3v) is 7.23. The summed E-state index contributed by atoms with van der Waals surface area (Å²) >= 11 is 3.46. The van der Waals surface area contributed by atoms with E-state index >= 15 is 0 Å². The van der Waals surface area contributed by atoms with Gasteiger partial charge in [0.15, 0.2) is 0 Å². The average Bonchev–Trinajstić information content (AvgIpc) is 3.31. The minimum Gasteiger partial charge on any atom is -0.496 e. The van der Waals surface area contributed by atoms with Gasteiger partial charge in [0.05, 0.1) is 47.1 Å². The summed E-state index contributed by atoms with van der Waals surface area (Å²) in [5, 5.41) is 14.0. The molecule has 2 aromatic heterocycles. The molecule has 0 amide bonds. The van der Waals surface area contributed by atoms with E-state index in [0.717, 1.165) is 45.4 Å². The minimum atomic E-state index is -0.800. The van der Waals surface area contributed by atoms with Crippen LogP contribution in [0.25, 0.3) is 22.4 Å². The number of aliphatic hydroxyl groups is 1. The van der Waals surface area contributed by atoms with Gasteiger partial charge in [-0.1, -0.05) is 6.07 Å². The molecule has 0 bridgehead atoms. The number of nitrogens with zero attached hydrogens (tertiary/aromatic N) is 2. The molecule has 1 unspecified atom stereocenters. The van der Waals surface area contributed by atoms with E-state index in [1.165, 1.54) is 0 Å². The van der Waals surface area contributed by atoms with Crippen LogP contribution in [-0.2, 0) is 4.74 Å². The molecule has 9 nitrogen and oxygen atoms in total. The van der Waals surface area contributed by atoms with Crippen molar-refractivity contribution < 1.29 is 14.6 Å². The van der Waals surface area contributed by atoms with E-state index in [2.05, 4.69) is 55.2 Å². The number of halogens is 1. The number of nitrogens with one attached hydrogen (secondary N) is 3. The van der Waals surface area contributed by atoms with Gasteiger partial charge in [-0.3, -0.25) is 4.79 Å². The number of methoxy groups -OCH3 is 1. The molecule has 3 heterocycles. The highest BCUT2D eigenvalue weighted by Crippen LogP contribution is 2.31. The topological polar surface area (TPSA) is 116 Å². The Morgan fingerprint density at radius 2 is 2.16 bits per heavy atom. The van der Waals surface area contributed by atoms with Gasteiger partial charge in [-0.25, -0.2) is 4.98 Å². The Labute approximate surface area is 223 Å². The van der Waals surface area contributed by atoms with Gasteiger partial charge in [0.25, 0.3) is 5.56 Å². The van der Waals surface area contributed by atoms with Crippen molar-refractivity contribution >= 4 is 38.3 Å². The molecule has 10 heteroatoms. The number of pyridine rings is 1. The number of aromatic nitrogens is 3. The number of hydrogen-bond acceptors (Lipinski definition) is 7. The summed E-state index contributed by atoms with van der Waals surface area (Å²) < 4.78 is 11.7. The highest BCUT2D eigenvalue weighted by atomic mass is 79.9. The Kier molecular flexibility index (Phi) is 7.23. The Balaban J connectivity index is 1.43. The molecule has 5 rings (SSSR count). The number of anilines is 2. The number of rotatable bonds is 7. The Hall–Kier alpha value is -3.34. The van der Waals surface area contributed by atoms with Gasteiger partial charge in [0.1, 0.15) is 17.1 Å². The molecule has 0 aliphatic carbocycles. The lowest BCUT2D eigenvalue weighted by molar-refractivity contribution is 0.0532. The summed E-state index contributed by atoms with van der Waals surface area (Å²) in [6.07, 6.45) is 0.953. The first kappa shape index (κ1) is 25.3. The van der Waals surface area contributed by atoms with Crippen molar-refractivity contribution in [1.82, 2.24) is 15.0 Å². The molecule has 0 saturated carbocycles. The summed E-state index contributed by atoms with van der Waals surface area (Å²) in [5.74, 6) is 1.16. The fourth-order valence-electron chi connectivity index (χ4n) is 4.70. The number of aromatic amines is 2. The number of fused-ring (bicyclic) bond motifs is 1. The van der Waals surface area contributed by atoms with Crippen LogP contribution >= 0.6 is 15.9 Å². The number of hydrogen-bond donors (Lipinski definition) is 4. The highest BCUT2D eigenvalue weighted by Gasteiger charge is 2.20. The largest absolute Gasteiger partial charge is 0.496 e. The molecule has 2 aromatic carbocycles. The van der Waals surface area contributed by atoms with Gasteiger partial charge >= 0.3 is 0 Å². The van der Waals surface area contributed by atoms with E-state index in [-0.39, 0.29) is 18.2 Å². The van der Waals surface area contributed by atoms with Crippen LogP contribution in [0.1, 0.15) is 24.2 Å². The van der Waals surface area contributed by atoms with Crippen molar-refractivity contribution in [2.24, 2.45) is 0 Å². The maximum Gasteiger partial charge on any atom is 0.261 e. The maximum atomic E-state index is 12.9. The monoisotopic (exact) mass is 567 g/mol. The van der Waals surface area contributed by atoms with Crippen LogP contribution < -0.4 is 20.5 Å². The molecule has 1 aliphatic heterocycles. The molecular weight excluding hydrogens is 538 g/mol. The molecule has 1 fully saturated rings. The predicted octanol–water partition coefficient (Wildman–Crippen LogP) is 4.37. The first-order valence-electron chi connectivity index (χ1n) is 12.2. The van der Waals surface area contributed by atoms with Gasteiger partial charge in [0, 0.05) is 31.5 Å². The van der Waals surface area contributed by atoms with E-state index < -0.39 is 6.10 Å². The third-order valence-electron chi connectivity index (χ3n) is 6.61. The second kappa shape index (κ2) is 10.6. The lowest BCUT2D eigenvalue weighted by Gasteiger charge is -2.33. The summed E-state index contributed by atoms with van der Waals surface area (Å²) in [6.45, 7) is 6.65. The molecule has 194 valence electrons. The molecule has 37 heavy (non-hydrogen) atoms. The molecule has 1 aliphatic rings. The van der Waals surface area contributed by atoms with Crippen LogP contribution in [0.2, 0.25) is 0 Å². The van der Waals surface area contributed by atoms with E-state index in [0.29, 0.717) is 29.4 Å². The lowest BCUT2D eigenvalue weighted by atomic mass is 10.1. The fourth-order valence-corrected chi connectivity index (χ4v) is 5.26. The molecular formula is C27H30BrN5O4. The van der Waals surface area contributed by atoms with Crippen molar-refractivity contribution in [1.29, 1.82) is 0 Å². The average molecular weight is 568 g/mol. The molecule has 4 aromatic rings. The summed E-state index contributed by atoms with van der Waals surface area (Å²) in [6, 6.07) is 11.4. The van der Waals surface area contributed by atoms with E-state index in [9.17, 15) is 9.90 Å². The molecule has 1 saturated heterocycles. The van der Waals surface area contributed by atoms with Crippen molar-refractivity contribution in [3.05, 3.63) is 68.5 Å². The van der Waals surface area contributed by atoms with Crippen molar-refractivity contribution in [3.63, 3.8) is 0 Å². The zero-order chi connectivity index (χ0) is 26.1. The number of aryl methyl sites for hydroxylation is 1. The van der Waals surface area contributed by atoms with Crippen LogP contribution in [0, 0.1) is 6.92 Å². The van der Waals surface area contributed by atoms with Gasteiger partial charge in [-0.2, -0.15) is 0 Å². The Morgan fingerprint density at radius 1 is 1.32 bits per heavy atom. The normalized spacial score (nSPS) is 16.7. The zero-order valence-corrected chi connectivity index (χ0v) is 22.6. The van der Waals surface area contributed by atoms with Crippen LogP contribution in [-0.4, -0.2) is 59.5 Å². The van der Waals surface area contributed by atoms with Crippen LogP contribution in [0.4, 0.5) is 11.4 Å². The molecule has 0 spiro atoms. The van der Waals surface area contributed by atoms with Crippen LogP contribution in [0.15, 0.2) is 51.9 Å². The number of morpholine rings is 1. The quantitative estimate of drug-likeness (QED) is 0.262. The number of aliphatic hydroxyl groups excluding tert-OH is 1.